The number of carbonyl (C=O) groups is 1. The average Bonchev–Trinajstić information content (AvgIpc) is 2.81. The van der Waals surface area contributed by atoms with E-state index >= 15 is 0 Å². The summed E-state index contributed by atoms with van der Waals surface area (Å²) < 4.78 is 0. The van der Waals surface area contributed by atoms with Crippen LogP contribution in [-0.2, 0) is 6.42 Å². The summed E-state index contributed by atoms with van der Waals surface area (Å²) in [4.78, 5) is 12.6. The van der Waals surface area contributed by atoms with Gasteiger partial charge in [-0.2, -0.15) is 0 Å². The SMILES string of the molecule is CC1=CCCc2ccc(-c3cccc(-c4ccccc4)c3)cc2C1=O. The quantitative estimate of drug-likeness (QED) is 0.557. The van der Waals surface area contributed by atoms with E-state index in [4.69, 9.17) is 0 Å². The highest BCUT2D eigenvalue weighted by atomic mass is 16.1. The zero-order chi connectivity index (χ0) is 17.2. The van der Waals surface area contributed by atoms with Crippen molar-refractivity contribution >= 4 is 5.78 Å². The Morgan fingerprint density at radius 3 is 2.20 bits per heavy atom. The van der Waals surface area contributed by atoms with E-state index in [9.17, 15) is 4.79 Å². The second-order valence-electron chi connectivity index (χ2n) is 6.57. The van der Waals surface area contributed by atoms with E-state index in [0.717, 1.165) is 40.7 Å². The second kappa shape index (κ2) is 6.52. The van der Waals surface area contributed by atoms with Crippen LogP contribution in [0.15, 0.2) is 84.4 Å². The van der Waals surface area contributed by atoms with Gasteiger partial charge in [-0.25, -0.2) is 0 Å². The molecule has 0 aromatic heterocycles. The topological polar surface area (TPSA) is 17.1 Å². The van der Waals surface area contributed by atoms with Crippen molar-refractivity contribution < 1.29 is 4.79 Å². The van der Waals surface area contributed by atoms with Gasteiger partial charge < -0.3 is 0 Å². The van der Waals surface area contributed by atoms with E-state index in [-0.39, 0.29) is 5.78 Å². The molecule has 0 atom stereocenters. The Balaban J connectivity index is 1.78. The molecule has 1 aliphatic carbocycles. The van der Waals surface area contributed by atoms with Crippen molar-refractivity contribution in [3.8, 4) is 22.3 Å². The van der Waals surface area contributed by atoms with E-state index in [1.54, 1.807) is 0 Å². The normalized spacial score (nSPS) is 13.8. The van der Waals surface area contributed by atoms with E-state index < -0.39 is 0 Å². The van der Waals surface area contributed by atoms with Crippen LogP contribution in [-0.4, -0.2) is 5.78 Å². The number of aryl methyl sites for hydroxylation is 1. The highest BCUT2D eigenvalue weighted by Crippen LogP contribution is 2.30. The van der Waals surface area contributed by atoms with E-state index in [2.05, 4.69) is 72.8 Å². The van der Waals surface area contributed by atoms with Crippen LogP contribution in [0.5, 0.6) is 0 Å². The number of benzene rings is 3. The zero-order valence-electron chi connectivity index (χ0n) is 14.3. The first-order valence-corrected chi connectivity index (χ1v) is 8.72. The molecular formula is C24H20O. The number of allylic oxidation sites excluding steroid dienone is 2. The molecule has 0 bridgehead atoms. The van der Waals surface area contributed by atoms with Crippen LogP contribution in [0.1, 0.15) is 29.3 Å². The predicted octanol–water partition coefficient (Wildman–Crippen LogP) is 6.10. The minimum absolute atomic E-state index is 0.161. The number of rotatable bonds is 2. The Morgan fingerprint density at radius 1 is 0.720 bits per heavy atom. The van der Waals surface area contributed by atoms with Gasteiger partial charge in [-0.3, -0.25) is 4.79 Å². The lowest BCUT2D eigenvalue weighted by atomic mass is 9.93. The molecule has 0 saturated heterocycles. The summed E-state index contributed by atoms with van der Waals surface area (Å²) >= 11 is 0. The molecule has 0 aliphatic heterocycles. The monoisotopic (exact) mass is 324 g/mol. The molecule has 0 radical (unpaired) electrons. The van der Waals surface area contributed by atoms with E-state index in [1.165, 1.54) is 11.1 Å². The summed E-state index contributed by atoms with van der Waals surface area (Å²) in [7, 11) is 0. The Bertz CT molecular complexity index is 964. The van der Waals surface area contributed by atoms with Crippen molar-refractivity contribution in [1.29, 1.82) is 0 Å². The van der Waals surface area contributed by atoms with Crippen LogP contribution in [0.3, 0.4) is 0 Å². The lowest BCUT2D eigenvalue weighted by molar-refractivity contribution is 0.103. The van der Waals surface area contributed by atoms with E-state index in [1.807, 2.05) is 13.0 Å². The van der Waals surface area contributed by atoms with Gasteiger partial charge >= 0.3 is 0 Å². The molecule has 3 aromatic carbocycles. The molecule has 25 heavy (non-hydrogen) atoms. The minimum atomic E-state index is 0.161. The summed E-state index contributed by atoms with van der Waals surface area (Å²) in [5.74, 6) is 0.161. The van der Waals surface area contributed by atoms with Gasteiger partial charge in [0, 0.05) is 5.56 Å². The molecule has 1 aliphatic rings. The fraction of sp³-hybridized carbons (Fsp3) is 0.125. The molecule has 0 N–H and O–H groups in total. The van der Waals surface area contributed by atoms with Crippen LogP contribution in [0.4, 0.5) is 0 Å². The highest BCUT2D eigenvalue weighted by molar-refractivity contribution is 6.10. The standard InChI is InChI=1S/C24H20O/c1-17-7-5-10-19-13-14-22(16-23(19)24(17)25)21-12-6-11-20(15-21)18-8-3-2-4-9-18/h2-4,6-9,11-16H,5,10H2,1H3. The number of fused-ring (bicyclic) bond motifs is 1. The molecule has 0 unspecified atom stereocenters. The third-order valence-corrected chi connectivity index (χ3v) is 4.88. The molecule has 1 nitrogen and oxygen atoms in total. The van der Waals surface area contributed by atoms with Gasteiger partial charge in [0.25, 0.3) is 0 Å². The first-order chi connectivity index (χ1) is 12.2. The summed E-state index contributed by atoms with van der Waals surface area (Å²) in [6.07, 6.45) is 3.92. The maximum absolute atomic E-state index is 12.6. The smallest absolute Gasteiger partial charge is 0.188 e. The number of Topliss-reactive ketones (excluding diaryl/α,β-unsaturated/α-hetero) is 1. The maximum atomic E-state index is 12.6. The minimum Gasteiger partial charge on any atom is -0.289 e. The average molecular weight is 324 g/mol. The van der Waals surface area contributed by atoms with Crippen molar-refractivity contribution in [1.82, 2.24) is 0 Å². The lowest BCUT2D eigenvalue weighted by Gasteiger charge is -2.10. The van der Waals surface area contributed by atoms with Crippen molar-refractivity contribution in [2.24, 2.45) is 0 Å². The van der Waals surface area contributed by atoms with Gasteiger partial charge in [0.1, 0.15) is 0 Å². The lowest BCUT2D eigenvalue weighted by Crippen LogP contribution is -2.03. The molecule has 0 spiro atoms. The van der Waals surface area contributed by atoms with Gasteiger partial charge in [0.15, 0.2) is 5.78 Å². The van der Waals surface area contributed by atoms with Gasteiger partial charge in [-0.05, 0) is 65.3 Å². The molecule has 122 valence electrons. The zero-order valence-corrected chi connectivity index (χ0v) is 14.3. The van der Waals surface area contributed by atoms with Crippen molar-refractivity contribution in [3.05, 3.63) is 95.6 Å². The summed E-state index contributed by atoms with van der Waals surface area (Å²) in [6.45, 7) is 1.92. The first-order valence-electron chi connectivity index (χ1n) is 8.72. The number of carbonyl (C=O) groups excluding carboxylic acids is 1. The molecule has 3 aromatic rings. The summed E-state index contributed by atoms with van der Waals surface area (Å²) in [5, 5.41) is 0. The van der Waals surface area contributed by atoms with Crippen LogP contribution < -0.4 is 0 Å². The molecule has 0 fully saturated rings. The number of hydrogen-bond acceptors (Lipinski definition) is 1. The molecular weight excluding hydrogens is 304 g/mol. The van der Waals surface area contributed by atoms with Gasteiger partial charge in [-0.1, -0.05) is 66.7 Å². The van der Waals surface area contributed by atoms with Crippen LogP contribution >= 0.6 is 0 Å². The Kier molecular flexibility index (Phi) is 4.07. The van der Waals surface area contributed by atoms with Gasteiger partial charge in [0.05, 0.1) is 0 Å². The largest absolute Gasteiger partial charge is 0.289 e. The van der Waals surface area contributed by atoms with Crippen LogP contribution in [0.2, 0.25) is 0 Å². The molecule has 0 amide bonds. The molecule has 0 heterocycles. The number of ketones is 1. The fourth-order valence-corrected chi connectivity index (χ4v) is 3.44. The summed E-state index contributed by atoms with van der Waals surface area (Å²) in [6, 6.07) is 25.2. The molecule has 4 rings (SSSR count). The first kappa shape index (κ1) is 15.6. The predicted molar refractivity (Wildman–Crippen MR) is 104 cm³/mol. The Labute approximate surface area is 148 Å². The van der Waals surface area contributed by atoms with Crippen molar-refractivity contribution in [2.75, 3.05) is 0 Å². The Morgan fingerprint density at radius 2 is 1.40 bits per heavy atom. The van der Waals surface area contributed by atoms with Crippen LogP contribution in [0.25, 0.3) is 22.3 Å². The van der Waals surface area contributed by atoms with Gasteiger partial charge in [0.2, 0.25) is 0 Å². The highest BCUT2D eigenvalue weighted by Gasteiger charge is 2.17. The third-order valence-electron chi connectivity index (χ3n) is 4.88. The second-order valence-corrected chi connectivity index (χ2v) is 6.57. The summed E-state index contributed by atoms with van der Waals surface area (Å²) in [5.41, 5.74) is 7.50. The molecule has 1 heteroatoms. The van der Waals surface area contributed by atoms with E-state index in [0.29, 0.717) is 0 Å². The van der Waals surface area contributed by atoms with Crippen molar-refractivity contribution in [2.45, 2.75) is 19.8 Å². The fourth-order valence-electron chi connectivity index (χ4n) is 3.44. The third kappa shape index (κ3) is 3.06. The number of hydrogen-bond donors (Lipinski definition) is 0. The molecule has 0 saturated carbocycles. The Hall–Kier alpha value is -2.93. The van der Waals surface area contributed by atoms with Crippen LogP contribution in [0, 0.1) is 0 Å². The van der Waals surface area contributed by atoms with Gasteiger partial charge in [-0.15, -0.1) is 0 Å². The van der Waals surface area contributed by atoms with Crippen molar-refractivity contribution in [3.63, 3.8) is 0 Å². The maximum Gasteiger partial charge on any atom is 0.188 e.